The molecule has 0 amide bonds. The number of benzene rings is 1. The van der Waals surface area contributed by atoms with Crippen molar-refractivity contribution in [3.8, 4) is 0 Å². The minimum atomic E-state index is 0.321. The molecule has 0 aliphatic carbocycles. The van der Waals surface area contributed by atoms with Crippen LogP contribution in [-0.4, -0.2) is 4.98 Å². The molecule has 94 valence electrons. The van der Waals surface area contributed by atoms with Crippen LogP contribution in [0, 0.1) is 6.92 Å². The van der Waals surface area contributed by atoms with E-state index in [0.29, 0.717) is 6.04 Å². The van der Waals surface area contributed by atoms with E-state index in [-0.39, 0.29) is 0 Å². The zero-order chi connectivity index (χ0) is 13.0. The van der Waals surface area contributed by atoms with Crippen LogP contribution in [0.25, 0.3) is 0 Å². The molecular weight excluding hydrogens is 288 g/mol. The van der Waals surface area contributed by atoms with Crippen molar-refractivity contribution in [2.45, 2.75) is 26.4 Å². The van der Waals surface area contributed by atoms with Crippen LogP contribution < -0.4 is 5.32 Å². The van der Waals surface area contributed by atoms with Gasteiger partial charge in [-0.25, -0.2) is 0 Å². The molecular formula is C15H17BrN2. The van der Waals surface area contributed by atoms with Gasteiger partial charge in [-0.1, -0.05) is 28.1 Å². The normalized spacial score (nSPS) is 12.4. The van der Waals surface area contributed by atoms with Crippen molar-refractivity contribution in [3.63, 3.8) is 0 Å². The number of aromatic nitrogens is 1. The lowest BCUT2D eigenvalue weighted by Gasteiger charge is -2.15. The first-order valence-electron chi connectivity index (χ1n) is 6.05. The van der Waals surface area contributed by atoms with Gasteiger partial charge in [-0.15, -0.1) is 0 Å². The Kier molecular flexibility index (Phi) is 4.50. The van der Waals surface area contributed by atoms with Gasteiger partial charge >= 0.3 is 0 Å². The van der Waals surface area contributed by atoms with E-state index >= 15 is 0 Å². The van der Waals surface area contributed by atoms with E-state index < -0.39 is 0 Å². The van der Waals surface area contributed by atoms with Gasteiger partial charge < -0.3 is 5.32 Å². The number of pyridine rings is 1. The van der Waals surface area contributed by atoms with E-state index in [9.17, 15) is 0 Å². The Morgan fingerprint density at radius 3 is 2.61 bits per heavy atom. The number of halogens is 1. The van der Waals surface area contributed by atoms with Crippen LogP contribution in [0.1, 0.15) is 29.7 Å². The molecule has 0 radical (unpaired) electrons. The Balaban J connectivity index is 1.99. The number of aryl methyl sites for hydroxylation is 1. The fourth-order valence-corrected chi connectivity index (χ4v) is 2.46. The molecule has 1 aromatic heterocycles. The van der Waals surface area contributed by atoms with Crippen LogP contribution in [-0.2, 0) is 6.54 Å². The molecule has 0 bridgehead atoms. The van der Waals surface area contributed by atoms with Crippen LogP contribution >= 0.6 is 15.9 Å². The van der Waals surface area contributed by atoms with Gasteiger partial charge in [-0.2, -0.15) is 0 Å². The van der Waals surface area contributed by atoms with Crippen molar-refractivity contribution in [1.82, 2.24) is 10.3 Å². The number of nitrogens with zero attached hydrogens (tertiary/aromatic N) is 1. The minimum absolute atomic E-state index is 0.321. The molecule has 0 aliphatic heterocycles. The first-order valence-corrected chi connectivity index (χ1v) is 6.84. The van der Waals surface area contributed by atoms with Gasteiger partial charge in [0, 0.05) is 29.5 Å². The average molecular weight is 305 g/mol. The lowest BCUT2D eigenvalue weighted by Crippen LogP contribution is -2.18. The topological polar surface area (TPSA) is 24.9 Å². The molecule has 0 aliphatic rings. The average Bonchev–Trinajstić information content (AvgIpc) is 2.38. The van der Waals surface area contributed by atoms with E-state index in [1.54, 1.807) is 0 Å². The highest BCUT2D eigenvalue weighted by molar-refractivity contribution is 9.10. The molecule has 18 heavy (non-hydrogen) atoms. The SMILES string of the molecule is Cc1ccc(CN[C@@H](C)c2ccncc2)c(Br)c1. The summed E-state index contributed by atoms with van der Waals surface area (Å²) in [6, 6.07) is 10.9. The van der Waals surface area contributed by atoms with Crippen molar-refractivity contribution < 1.29 is 0 Å². The molecule has 0 unspecified atom stereocenters. The smallest absolute Gasteiger partial charge is 0.0296 e. The molecule has 1 aromatic carbocycles. The quantitative estimate of drug-likeness (QED) is 0.923. The van der Waals surface area contributed by atoms with Gasteiger partial charge in [0.05, 0.1) is 0 Å². The first-order chi connectivity index (χ1) is 8.66. The predicted octanol–water partition coefficient (Wildman–Crippen LogP) is 4.00. The molecule has 0 spiro atoms. The number of rotatable bonds is 4. The van der Waals surface area contributed by atoms with Crippen LogP contribution in [0.15, 0.2) is 47.2 Å². The molecule has 2 nitrogen and oxygen atoms in total. The number of hydrogen-bond donors (Lipinski definition) is 1. The largest absolute Gasteiger partial charge is 0.306 e. The van der Waals surface area contributed by atoms with E-state index in [4.69, 9.17) is 0 Å². The maximum absolute atomic E-state index is 4.03. The fraction of sp³-hybridized carbons (Fsp3) is 0.267. The highest BCUT2D eigenvalue weighted by Gasteiger charge is 2.05. The van der Waals surface area contributed by atoms with E-state index in [1.165, 1.54) is 16.7 Å². The van der Waals surface area contributed by atoms with E-state index in [1.807, 2.05) is 24.5 Å². The summed E-state index contributed by atoms with van der Waals surface area (Å²) in [5.41, 5.74) is 3.81. The Morgan fingerprint density at radius 2 is 1.94 bits per heavy atom. The predicted molar refractivity (Wildman–Crippen MR) is 78.4 cm³/mol. The third-order valence-electron chi connectivity index (χ3n) is 3.01. The van der Waals surface area contributed by atoms with Crippen LogP contribution in [0.2, 0.25) is 0 Å². The molecule has 2 aromatic rings. The summed E-state index contributed by atoms with van der Waals surface area (Å²) in [5.74, 6) is 0. The second-order valence-corrected chi connectivity index (χ2v) is 5.33. The molecule has 2 rings (SSSR count). The van der Waals surface area contributed by atoms with Crippen molar-refractivity contribution in [1.29, 1.82) is 0 Å². The fourth-order valence-electron chi connectivity index (χ4n) is 1.83. The van der Waals surface area contributed by atoms with Crippen molar-refractivity contribution >= 4 is 15.9 Å². The van der Waals surface area contributed by atoms with Gasteiger partial charge in [0.1, 0.15) is 0 Å². The van der Waals surface area contributed by atoms with Crippen LogP contribution in [0.3, 0.4) is 0 Å². The minimum Gasteiger partial charge on any atom is -0.306 e. The lowest BCUT2D eigenvalue weighted by atomic mass is 10.1. The standard InChI is InChI=1S/C15H17BrN2/c1-11-3-4-14(15(16)9-11)10-18-12(2)13-5-7-17-8-6-13/h3-9,12,18H,10H2,1-2H3/t12-/m0/s1. The summed E-state index contributed by atoms with van der Waals surface area (Å²) in [6.07, 6.45) is 3.66. The van der Waals surface area contributed by atoms with Gasteiger partial charge in [0.2, 0.25) is 0 Å². The third kappa shape index (κ3) is 3.40. The van der Waals surface area contributed by atoms with Crippen LogP contribution in [0.5, 0.6) is 0 Å². The highest BCUT2D eigenvalue weighted by atomic mass is 79.9. The molecule has 0 saturated heterocycles. The summed E-state index contributed by atoms with van der Waals surface area (Å²) in [7, 11) is 0. The Labute approximate surface area is 117 Å². The second-order valence-electron chi connectivity index (χ2n) is 4.48. The van der Waals surface area contributed by atoms with Crippen molar-refractivity contribution in [2.75, 3.05) is 0 Å². The zero-order valence-corrected chi connectivity index (χ0v) is 12.2. The summed E-state index contributed by atoms with van der Waals surface area (Å²) in [4.78, 5) is 4.03. The first kappa shape index (κ1) is 13.2. The maximum atomic E-state index is 4.03. The number of hydrogen-bond acceptors (Lipinski definition) is 2. The Morgan fingerprint density at radius 1 is 1.22 bits per heavy atom. The maximum Gasteiger partial charge on any atom is 0.0296 e. The number of nitrogens with one attached hydrogen (secondary N) is 1. The van der Waals surface area contributed by atoms with Gasteiger partial charge in [0.15, 0.2) is 0 Å². The Bertz CT molecular complexity index is 511. The van der Waals surface area contributed by atoms with Crippen molar-refractivity contribution in [2.24, 2.45) is 0 Å². The zero-order valence-electron chi connectivity index (χ0n) is 10.7. The molecule has 1 heterocycles. The summed E-state index contributed by atoms with van der Waals surface area (Å²) in [5, 5.41) is 3.52. The highest BCUT2D eigenvalue weighted by Crippen LogP contribution is 2.19. The van der Waals surface area contributed by atoms with Gasteiger partial charge in [0.25, 0.3) is 0 Å². The van der Waals surface area contributed by atoms with E-state index in [0.717, 1.165) is 11.0 Å². The van der Waals surface area contributed by atoms with Gasteiger partial charge in [-0.3, -0.25) is 4.98 Å². The molecule has 3 heteroatoms. The molecule has 0 saturated carbocycles. The molecule has 1 atom stereocenters. The van der Waals surface area contributed by atoms with Gasteiger partial charge in [-0.05, 0) is 48.7 Å². The summed E-state index contributed by atoms with van der Waals surface area (Å²) >= 11 is 3.60. The monoisotopic (exact) mass is 304 g/mol. The van der Waals surface area contributed by atoms with Crippen molar-refractivity contribution in [3.05, 3.63) is 63.9 Å². The third-order valence-corrected chi connectivity index (χ3v) is 3.75. The van der Waals surface area contributed by atoms with E-state index in [2.05, 4.69) is 58.3 Å². The summed E-state index contributed by atoms with van der Waals surface area (Å²) in [6.45, 7) is 5.11. The Hall–Kier alpha value is -1.19. The lowest BCUT2D eigenvalue weighted by molar-refractivity contribution is 0.573. The molecule has 1 N–H and O–H groups in total. The van der Waals surface area contributed by atoms with Crippen LogP contribution in [0.4, 0.5) is 0 Å². The summed E-state index contributed by atoms with van der Waals surface area (Å²) < 4.78 is 1.16. The second kappa shape index (κ2) is 6.12. The molecule has 0 fully saturated rings.